The summed E-state index contributed by atoms with van der Waals surface area (Å²) < 4.78 is 5.65. The number of fused-ring (bicyclic) bond motifs is 1. The first-order valence-corrected chi connectivity index (χ1v) is 8.44. The third kappa shape index (κ3) is 3.76. The standard InChI is InChI=1S/C18H23N3O3/c1-2-7-19-17(22)13-20-8-10-21(11-9-20)18(23)16-12-14-5-3-4-6-15(14)24-16/h3-6,12H,2,7-11,13H2,1H3,(H,19,22). The van der Waals surface area contributed by atoms with Gasteiger partial charge in [-0.05, 0) is 18.6 Å². The van der Waals surface area contributed by atoms with Gasteiger partial charge in [-0.25, -0.2) is 0 Å². The molecule has 1 aliphatic heterocycles. The van der Waals surface area contributed by atoms with E-state index < -0.39 is 0 Å². The summed E-state index contributed by atoms with van der Waals surface area (Å²) in [6.07, 6.45) is 0.936. The van der Waals surface area contributed by atoms with Crippen molar-refractivity contribution in [1.82, 2.24) is 15.1 Å². The van der Waals surface area contributed by atoms with Crippen molar-refractivity contribution in [2.45, 2.75) is 13.3 Å². The molecular weight excluding hydrogens is 306 g/mol. The van der Waals surface area contributed by atoms with Crippen LogP contribution in [0.3, 0.4) is 0 Å². The van der Waals surface area contributed by atoms with E-state index in [1.54, 1.807) is 11.0 Å². The van der Waals surface area contributed by atoms with Crippen molar-refractivity contribution in [1.29, 1.82) is 0 Å². The van der Waals surface area contributed by atoms with Gasteiger partial charge in [0.15, 0.2) is 5.76 Å². The Morgan fingerprint density at radius 2 is 1.92 bits per heavy atom. The van der Waals surface area contributed by atoms with Gasteiger partial charge in [0.1, 0.15) is 5.58 Å². The molecule has 0 bridgehead atoms. The molecule has 0 atom stereocenters. The van der Waals surface area contributed by atoms with Gasteiger partial charge >= 0.3 is 0 Å². The maximum atomic E-state index is 12.6. The Morgan fingerprint density at radius 1 is 1.17 bits per heavy atom. The molecule has 0 radical (unpaired) electrons. The molecule has 1 aliphatic rings. The Bertz CT molecular complexity index is 684. The first-order valence-electron chi connectivity index (χ1n) is 8.44. The minimum atomic E-state index is -0.0821. The molecule has 6 heteroatoms. The van der Waals surface area contributed by atoms with Crippen molar-refractivity contribution in [2.75, 3.05) is 39.3 Å². The average Bonchev–Trinajstić information content (AvgIpc) is 3.04. The SMILES string of the molecule is CCCNC(=O)CN1CCN(C(=O)c2cc3ccccc3o2)CC1. The second kappa shape index (κ2) is 7.49. The summed E-state index contributed by atoms with van der Waals surface area (Å²) in [7, 11) is 0. The predicted octanol–water partition coefficient (Wildman–Crippen LogP) is 1.72. The third-order valence-corrected chi connectivity index (χ3v) is 4.24. The summed E-state index contributed by atoms with van der Waals surface area (Å²) in [5, 5.41) is 3.82. The van der Waals surface area contributed by atoms with Crippen LogP contribution in [-0.2, 0) is 4.79 Å². The number of benzene rings is 1. The van der Waals surface area contributed by atoms with Gasteiger partial charge in [-0.1, -0.05) is 25.1 Å². The molecule has 1 N–H and O–H groups in total. The lowest BCUT2D eigenvalue weighted by atomic mass is 10.2. The summed E-state index contributed by atoms with van der Waals surface area (Å²) in [5.74, 6) is 0.348. The molecule has 128 valence electrons. The normalized spacial score (nSPS) is 15.6. The van der Waals surface area contributed by atoms with Crippen LogP contribution in [0.4, 0.5) is 0 Å². The first-order chi connectivity index (χ1) is 11.7. The summed E-state index contributed by atoms with van der Waals surface area (Å²) in [5.41, 5.74) is 0.729. The van der Waals surface area contributed by atoms with E-state index in [0.29, 0.717) is 45.0 Å². The monoisotopic (exact) mass is 329 g/mol. The molecular formula is C18H23N3O3. The van der Waals surface area contributed by atoms with Crippen LogP contribution >= 0.6 is 0 Å². The highest BCUT2D eigenvalue weighted by atomic mass is 16.3. The molecule has 1 fully saturated rings. The molecule has 24 heavy (non-hydrogen) atoms. The highest BCUT2D eigenvalue weighted by Gasteiger charge is 2.25. The molecule has 1 saturated heterocycles. The quantitative estimate of drug-likeness (QED) is 0.907. The van der Waals surface area contributed by atoms with E-state index in [4.69, 9.17) is 4.42 Å². The minimum Gasteiger partial charge on any atom is -0.451 e. The Labute approximate surface area is 141 Å². The van der Waals surface area contributed by atoms with Crippen LogP contribution in [0, 0.1) is 0 Å². The molecule has 1 aromatic carbocycles. The number of carbonyl (C=O) groups is 2. The van der Waals surface area contributed by atoms with Crippen molar-refractivity contribution in [3.8, 4) is 0 Å². The van der Waals surface area contributed by atoms with Crippen molar-refractivity contribution in [3.63, 3.8) is 0 Å². The maximum absolute atomic E-state index is 12.6. The average molecular weight is 329 g/mol. The lowest BCUT2D eigenvalue weighted by Gasteiger charge is -2.33. The Morgan fingerprint density at radius 3 is 2.62 bits per heavy atom. The van der Waals surface area contributed by atoms with Crippen molar-refractivity contribution >= 4 is 22.8 Å². The van der Waals surface area contributed by atoms with Crippen LogP contribution in [0.25, 0.3) is 11.0 Å². The van der Waals surface area contributed by atoms with E-state index in [1.807, 2.05) is 31.2 Å². The molecule has 2 aromatic rings. The van der Waals surface area contributed by atoms with Crippen molar-refractivity contribution < 1.29 is 14.0 Å². The minimum absolute atomic E-state index is 0.0499. The second-order valence-electron chi connectivity index (χ2n) is 6.07. The van der Waals surface area contributed by atoms with Gasteiger partial charge < -0.3 is 14.6 Å². The third-order valence-electron chi connectivity index (χ3n) is 4.24. The van der Waals surface area contributed by atoms with E-state index in [2.05, 4.69) is 10.2 Å². The number of rotatable bonds is 5. The van der Waals surface area contributed by atoms with E-state index in [-0.39, 0.29) is 11.8 Å². The van der Waals surface area contributed by atoms with Gasteiger partial charge in [-0.15, -0.1) is 0 Å². The van der Waals surface area contributed by atoms with Crippen LogP contribution < -0.4 is 5.32 Å². The smallest absolute Gasteiger partial charge is 0.289 e. The number of hydrogen-bond acceptors (Lipinski definition) is 4. The molecule has 6 nitrogen and oxygen atoms in total. The number of hydrogen-bond donors (Lipinski definition) is 1. The topological polar surface area (TPSA) is 65.8 Å². The lowest BCUT2D eigenvalue weighted by Crippen LogP contribution is -2.51. The van der Waals surface area contributed by atoms with Gasteiger partial charge in [0, 0.05) is 38.1 Å². The van der Waals surface area contributed by atoms with Crippen LogP contribution in [0.5, 0.6) is 0 Å². The van der Waals surface area contributed by atoms with Gasteiger partial charge in [0.05, 0.1) is 6.54 Å². The fraction of sp³-hybridized carbons (Fsp3) is 0.444. The number of furan rings is 1. The van der Waals surface area contributed by atoms with Crippen LogP contribution in [0.15, 0.2) is 34.7 Å². The zero-order valence-corrected chi connectivity index (χ0v) is 14.0. The fourth-order valence-electron chi connectivity index (χ4n) is 2.88. The summed E-state index contributed by atoms with van der Waals surface area (Å²) in [6.45, 7) is 5.75. The Hall–Kier alpha value is -2.34. The second-order valence-corrected chi connectivity index (χ2v) is 6.07. The number of amides is 2. The molecule has 2 heterocycles. The fourth-order valence-corrected chi connectivity index (χ4v) is 2.88. The Kier molecular flexibility index (Phi) is 5.15. The molecule has 0 saturated carbocycles. The van der Waals surface area contributed by atoms with Crippen LogP contribution in [0.2, 0.25) is 0 Å². The van der Waals surface area contributed by atoms with Gasteiger partial charge in [-0.2, -0.15) is 0 Å². The van der Waals surface area contributed by atoms with Gasteiger partial charge in [0.2, 0.25) is 5.91 Å². The largest absolute Gasteiger partial charge is 0.451 e. The van der Waals surface area contributed by atoms with Crippen LogP contribution in [-0.4, -0.2) is 60.9 Å². The lowest BCUT2D eigenvalue weighted by molar-refractivity contribution is -0.122. The van der Waals surface area contributed by atoms with E-state index in [1.165, 1.54) is 0 Å². The maximum Gasteiger partial charge on any atom is 0.289 e. The number of nitrogens with one attached hydrogen (secondary N) is 1. The zero-order valence-electron chi connectivity index (χ0n) is 14.0. The molecule has 0 aliphatic carbocycles. The van der Waals surface area contributed by atoms with Gasteiger partial charge in [-0.3, -0.25) is 14.5 Å². The molecule has 0 spiro atoms. The molecule has 1 aromatic heterocycles. The van der Waals surface area contributed by atoms with Crippen LogP contribution in [0.1, 0.15) is 23.9 Å². The molecule has 3 rings (SSSR count). The summed E-state index contributed by atoms with van der Waals surface area (Å²) >= 11 is 0. The van der Waals surface area contributed by atoms with E-state index in [0.717, 1.165) is 17.4 Å². The highest BCUT2D eigenvalue weighted by Crippen LogP contribution is 2.20. The first kappa shape index (κ1) is 16.5. The summed E-state index contributed by atoms with van der Waals surface area (Å²) in [4.78, 5) is 28.2. The zero-order chi connectivity index (χ0) is 16.9. The number of carbonyl (C=O) groups excluding carboxylic acids is 2. The number of nitrogens with zero attached hydrogens (tertiary/aromatic N) is 2. The van der Waals surface area contributed by atoms with Gasteiger partial charge in [0.25, 0.3) is 5.91 Å². The highest BCUT2D eigenvalue weighted by molar-refractivity contribution is 5.96. The van der Waals surface area contributed by atoms with E-state index >= 15 is 0 Å². The van der Waals surface area contributed by atoms with E-state index in [9.17, 15) is 9.59 Å². The number of piperazine rings is 1. The molecule has 0 unspecified atom stereocenters. The Balaban J connectivity index is 1.54. The van der Waals surface area contributed by atoms with Crippen molar-refractivity contribution in [3.05, 3.63) is 36.1 Å². The summed E-state index contributed by atoms with van der Waals surface area (Å²) in [6, 6.07) is 9.40. The predicted molar refractivity (Wildman–Crippen MR) is 91.9 cm³/mol. The number of para-hydroxylation sites is 1. The van der Waals surface area contributed by atoms with Crippen molar-refractivity contribution in [2.24, 2.45) is 0 Å². The molecule has 2 amide bonds.